The van der Waals surface area contributed by atoms with Crippen molar-refractivity contribution in [3.63, 3.8) is 0 Å². The second-order valence-corrected chi connectivity index (χ2v) is 15.5. The normalized spacial score (nSPS) is 59.1. The van der Waals surface area contributed by atoms with Crippen LogP contribution in [0.15, 0.2) is 11.6 Å². The van der Waals surface area contributed by atoms with E-state index in [9.17, 15) is 9.90 Å². The molecular formula is C31H48O2. The number of aliphatic hydroxyl groups is 1. The molecule has 5 fully saturated rings. The highest BCUT2D eigenvalue weighted by molar-refractivity contribution is 5.87. The lowest BCUT2D eigenvalue weighted by Gasteiger charge is -2.71. The van der Waals surface area contributed by atoms with Gasteiger partial charge in [0.2, 0.25) is 0 Å². The van der Waals surface area contributed by atoms with Crippen LogP contribution >= 0.6 is 0 Å². The molecule has 5 saturated carbocycles. The summed E-state index contributed by atoms with van der Waals surface area (Å²) in [5.41, 5.74) is 2.92. The highest BCUT2D eigenvalue weighted by Crippen LogP contribution is 2.77. The van der Waals surface area contributed by atoms with E-state index >= 15 is 0 Å². The number of hydrogen-bond acceptors (Lipinski definition) is 2. The minimum absolute atomic E-state index is 0.0158. The van der Waals surface area contributed by atoms with E-state index in [0.717, 1.165) is 25.7 Å². The fourth-order valence-corrected chi connectivity index (χ4v) is 11.7. The van der Waals surface area contributed by atoms with E-state index in [1.54, 1.807) is 5.57 Å². The maximum atomic E-state index is 13.0. The summed E-state index contributed by atoms with van der Waals surface area (Å²) in [4.78, 5) is 13.0. The second-order valence-electron chi connectivity index (χ2n) is 15.5. The molecule has 0 aliphatic heterocycles. The molecule has 0 saturated heterocycles. The lowest BCUT2D eigenvalue weighted by Crippen LogP contribution is -2.64. The smallest absolute Gasteiger partial charge is 0.139 e. The molecule has 0 heterocycles. The fourth-order valence-electron chi connectivity index (χ4n) is 11.7. The zero-order valence-electron chi connectivity index (χ0n) is 22.4. The van der Waals surface area contributed by atoms with Crippen molar-refractivity contribution >= 4 is 5.78 Å². The molecule has 6 aliphatic rings. The van der Waals surface area contributed by atoms with Crippen molar-refractivity contribution in [2.45, 2.75) is 119 Å². The van der Waals surface area contributed by atoms with Crippen LogP contribution in [0.5, 0.6) is 0 Å². The number of fused-ring (bicyclic) bond motifs is 10. The van der Waals surface area contributed by atoms with Gasteiger partial charge in [-0.1, -0.05) is 60.1 Å². The molecule has 0 radical (unpaired) electrons. The summed E-state index contributed by atoms with van der Waals surface area (Å²) in [6.07, 6.45) is 14.1. The zero-order chi connectivity index (χ0) is 23.8. The monoisotopic (exact) mass is 452 g/mol. The minimum Gasteiger partial charge on any atom is -0.393 e. The molecule has 6 rings (SSSR count). The van der Waals surface area contributed by atoms with E-state index in [1.807, 2.05) is 0 Å². The van der Waals surface area contributed by atoms with Gasteiger partial charge in [-0.05, 0) is 109 Å². The number of Topliss-reactive ketones (excluding diaryl/α,β-unsaturated/α-hetero) is 1. The molecule has 2 bridgehead atoms. The molecule has 0 spiro atoms. The van der Waals surface area contributed by atoms with E-state index in [2.05, 4.69) is 54.5 Å². The predicted octanol–water partition coefficient (Wildman–Crippen LogP) is 7.35. The van der Waals surface area contributed by atoms with Crippen LogP contribution < -0.4 is 0 Å². The Bertz CT molecular complexity index is 931. The Balaban J connectivity index is 1.43. The molecular weight excluding hydrogens is 404 g/mol. The zero-order valence-corrected chi connectivity index (χ0v) is 22.4. The van der Waals surface area contributed by atoms with Gasteiger partial charge in [0, 0.05) is 11.8 Å². The number of allylic oxidation sites excluding steroid dienone is 2. The summed E-state index contributed by atoms with van der Waals surface area (Å²) in [7, 11) is 0. The summed E-state index contributed by atoms with van der Waals surface area (Å²) in [6, 6.07) is 0. The molecule has 184 valence electrons. The van der Waals surface area contributed by atoms with E-state index in [-0.39, 0.29) is 22.3 Å². The van der Waals surface area contributed by atoms with Crippen molar-refractivity contribution in [3.8, 4) is 0 Å². The average molecular weight is 453 g/mol. The fraction of sp³-hybridized carbons (Fsp3) is 0.903. The molecule has 6 aliphatic carbocycles. The second kappa shape index (κ2) is 6.37. The predicted molar refractivity (Wildman–Crippen MR) is 134 cm³/mol. The van der Waals surface area contributed by atoms with Crippen molar-refractivity contribution in [2.75, 3.05) is 0 Å². The van der Waals surface area contributed by atoms with Gasteiger partial charge in [0.15, 0.2) is 0 Å². The molecule has 10 atom stereocenters. The van der Waals surface area contributed by atoms with Crippen molar-refractivity contribution in [1.82, 2.24) is 0 Å². The third-order valence-corrected chi connectivity index (χ3v) is 14.2. The molecule has 0 amide bonds. The van der Waals surface area contributed by atoms with E-state index in [4.69, 9.17) is 0 Å². The Morgan fingerprint density at radius 1 is 0.848 bits per heavy atom. The first-order valence-corrected chi connectivity index (χ1v) is 14.1. The summed E-state index contributed by atoms with van der Waals surface area (Å²) in [5, 5.41) is 10.9. The number of carbonyl (C=O) groups is 1. The number of carbonyl (C=O) groups excluding carboxylic acids is 1. The first kappa shape index (κ1) is 22.8. The van der Waals surface area contributed by atoms with Gasteiger partial charge < -0.3 is 5.11 Å². The lowest BCUT2D eigenvalue weighted by atomic mass is 9.33. The molecule has 1 N–H and O–H groups in total. The Kier molecular flexibility index (Phi) is 4.41. The van der Waals surface area contributed by atoms with Gasteiger partial charge in [0.25, 0.3) is 0 Å². The molecule has 10 unspecified atom stereocenters. The summed E-state index contributed by atoms with van der Waals surface area (Å²) in [6.45, 7) is 17.4. The van der Waals surface area contributed by atoms with Crippen LogP contribution in [-0.2, 0) is 4.79 Å². The van der Waals surface area contributed by atoms with Crippen molar-refractivity contribution < 1.29 is 9.90 Å². The van der Waals surface area contributed by atoms with Crippen molar-refractivity contribution in [3.05, 3.63) is 11.6 Å². The van der Waals surface area contributed by atoms with Gasteiger partial charge in [0.05, 0.1) is 6.10 Å². The van der Waals surface area contributed by atoms with Crippen LogP contribution in [0.2, 0.25) is 0 Å². The summed E-state index contributed by atoms with van der Waals surface area (Å²) in [5.74, 6) is 3.06. The number of ketones is 1. The molecule has 33 heavy (non-hydrogen) atoms. The number of aliphatic hydroxyl groups excluding tert-OH is 1. The number of rotatable bonds is 0. The van der Waals surface area contributed by atoms with Gasteiger partial charge in [0.1, 0.15) is 5.78 Å². The standard InChI is InChI=1S/C31H48O2/c1-26(2)22-10-13-31(7)23(29(22,5)12-11-24(26)32)9-8-20-21-18-27(3)17-19(16-25(27)33)28(21,4)14-15-30(20,31)6/h8,19,21-24,32H,9-18H2,1-7H3. The maximum absolute atomic E-state index is 13.0. The van der Waals surface area contributed by atoms with Gasteiger partial charge in [-0.3, -0.25) is 4.79 Å². The Morgan fingerprint density at radius 2 is 1.58 bits per heavy atom. The highest BCUT2D eigenvalue weighted by atomic mass is 16.3. The van der Waals surface area contributed by atoms with Gasteiger partial charge in [-0.2, -0.15) is 0 Å². The Morgan fingerprint density at radius 3 is 2.30 bits per heavy atom. The Hall–Kier alpha value is -0.630. The third-order valence-electron chi connectivity index (χ3n) is 14.2. The van der Waals surface area contributed by atoms with Gasteiger partial charge in [-0.15, -0.1) is 0 Å². The summed E-state index contributed by atoms with van der Waals surface area (Å²) < 4.78 is 0. The van der Waals surface area contributed by atoms with Crippen molar-refractivity contribution in [1.29, 1.82) is 0 Å². The first-order chi connectivity index (χ1) is 15.2. The highest BCUT2D eigenvalue weighted by Gasteiger charge is 2.69. The van der Waals surface area contributed by atoms with Crippen LogP contribution in [0, 0.1) is 56.2 Å². The number of hydrogen-bond donors (Lipinski definition) is 1. The van der Waals surface area contributed by atoms with Crippen LogP contribution in [-0.4, -0.2) is 17.0 Å². The summed E-state index contributed by atoms with van der Waals surface area (Å²) >= 11 is 0. The maximum Gasteiger partial charge on any atom is 0.139 e. The van der Waals surface area contributed by atoms with Crippen LogP contribution in [0.1, 0.15) is 113 Å². The lowest BCUT2D eigenvalue weighted by molar-refractivity contribution is -0.203. The van der Waals surface area contributed by atoms with E-state index in [0.29, 0.717) is 45.7 Å². The van der Waals surface area contributed by atoms with Crippen LogP contribution in [0.25, 0.3) is 0 Å². The molecule has 2 heteroatoms. The molecule has 0 aromatic heterocycles. The largest absolute Gasteiger partial charge is 0.393 e. The third kappa shape index (κ3) is 2.48. The van der Waals surface area contributed by atoms with Gasteiger partial charge >= 0.3 is 0 Å². The topological polar surface area (TPSA) is 37.3 Å². The quantitative estimate of drug-likeness (QED) is 0.390. The Labute approximate surface area is 202 Å². The molecule has 0 aromatic rings. The van der Waals surface area contributed by atoms with Crippen LogP contribution in [0.4, 0.5) is 0 Å². The minimum atomic E-state index is -0.156. The van der Waals surface area contributed by atoms with Crippen LogP contribution in [0.3, 0.4) is 0 Å². The average Bonchev–Trinajstić information content (AvgIpc) is 3.00. The SMILES string of the molecule is CC12CC(CC1=O)C1(C)CCC3(C)C(=CCC4C5(C)CCC(O)C(C)(C)C5CCC43C)C1C2. The van der Waals surface area contributed by atoms with Gasteiger partial charge in [-0.25, -0.2) is 0 Å². The molecule has 2 nitrogen and oxygen atoms in total. The molecule has 0 aromatic carbocycles. The van der Waals surface area contributed by atoms with E-state index < -0.39 is 0 Å². The van der Waals surface area contributed by atoms with E-state index in [1.165, 1.54) is 38.5 Å². The van der Waals surface area contributed by atoms with Crippen molar-refractivity contribution in [2.24, 2.45) is 56.2 Å². The first-order valence-electron chi connectivity index (χ1n) is 14.1.